The number of methoxy groups -OCH3 is 1. The van der Waals surface area contributed by atoms with Gasteiger partial charge in [0.15, 0.2) is 9.84 Å². The number of sulfone groups is 1. The first-order valence-corrected chi connectivity index (χ1v) is 8.51. The smallest absolute Gasteiger partial charge is 0.324 e. The summed E-state index contributed by atoms with van der Waals surface area (Å²) in [6.45, 7) is 1.21. The highest BCUT2D eigenvalue weighted by atomic mass is 32.2. The number of carbonyl (C=O) groups excluding carboxylic acids is 1. The molecule has 108 valence electrons. The second-order valence-corrected chi connectivity index (χ2v) is 7.53. The predicted octanol–water partition coefficient (Wildman–Crippen LogP) is 0.615. The van der Waals surface area contributed by atoms with Crippen molar-refractivity contribution in [3.05, 3.63) is 12.2 Å². The molecule has 6 heteroatoms. The van der Waals surface area contributed by atoms with Crippen molar-refractivity contribution in [3.8, 4) is 0 Å². The van der Waals surface area contributed by atoms with Gasteiger partial charge in [0, 0.05) is 13.1 Å². The lowest BCUT2D eigenvalue weighted by Gasteiger charge is -2.36. The maximum atomic E-state index is 11.8. The average Bonchev–Trinajstić information content (AvgIpc) is 2.41. The molecule has 1 aliphatic carbocycles. The number of hydrogen-bond acceptors (Lipinski definition) is 5. The van der Waals surface area contributed by atoms with Gasteiger partial charge in [-0.3, -0.25) is 9.69 Å². The fourth-order valence-corrected chi connectivity index (χ4v) is 4.27. The maximum absolute atomic E-state index is 11.8. The molecule has 1 heterocycles. The van der Waals surface area contributed by atoms with E-state index in [-0.39, 0.29) is 11.5 Å². The van der Waals surface area contributed by atoms with Crippen LogP contribution >= 0.6 is 0 Å². The predicted molar refractivity (Wildman–Crippen MR) is 72.5 cm³/mol. The van der Waals surface area contributed by atoms with E-state index < -0.39 is 21.8 Å². The van der Waals surface area contributed by atoms with Crippen LogP contribution in [0, 0.1) is 5.92 Å². The first kappa shape index (κ1) is 14.5. The molecule has 1 saturated heterocycles. The molecule has 0 bridgehead atoms. The summed E-state index contributed by atoms with van der Waals surface area (Å²) in [4.78, 5) is 13.7. The van der Waals surface area contributed by atoms with Crippen LogP contribution in [0.15, 0.2) is 12.2 Å². The van der Waals surface area contributed by atoms with Crippen molar-refractivity contribution >= 4 is 15.8 Å². The topological polar surface area (TPSA) is 63.7 Å². The van der Waals surface area contributed by atoms with E-state index in [1.165, 1.54) is 7.11 Å². The summed E-state index contributed by atoms with van der Waals surface area (Å²) in [7, 11) is -1.81. The largest absolute Gasteiger partial charge is 0.468 e. The van der Waals surface area contributed by atoms with Gasteiger partial charge in [-0.1, -0.05) is 12.2 Å². The van der Waals surface area contributed by atoms with Crippen molar-refractivity contribution in [2.45, 2.75) is 25.3 Å². The van der Waals surface area contributed by atoms with E-state index >= 15 is 0 Å². The normalized spacial score (nSPS) is 31.0. The van der Waals surface area contributed by atoms with Crippen molar-refractivity contribution in [3.63, 3.8) is 0 Å². The van der Waals surface area contributed by atoms with Gasteiger partial charge < -0.3 is 4.74 Å². The van der Waals surface area contributed by atoms with E-state index in [2.05, 4.69) is 12.2 Å². The molecule has 1 fully saturated rings. The second-order valence-electron chi connectivity index (χ2n) is 5.30. The molecule has 0 saturated carbocycles. The third-order valence-electron chi connectivity index (χ3n) is 3.89. The van der Waals surface area contributed by atoms with Crippen LogP contribution in [0.5, 0.6) is 0 Å². The molecule has 2 rings (SSSR count). The van der Waals surface area contributed by atoms with Crippen LogP contribution in [0.25, 0.3) is 0 Å². The summed E-state index contributed by atoms with van der Waals surface area (Å²) >= 11 is 0. The summed E-state index contributed by atoms with van der Waals surface area (Å²) in [5.41, 5.74) is 0. The molecule has 0 amide bonds. The van der Waals surface area contributed by atoms with Gasteiger partial charge in [-0.15, -0.1) is 0 Å². The highest BCUT2D eigenvalue weighted by molar-refractivity contribution is 7.91. The summed E-state index contributed by atoms with van der Waals surface area (Å²) < 4.78 is 28.1. The van der Waals surface area contributed by atoms with Crippen molar-refractivity contribution in [1.82, 2.24) is 4.90 Å². The standard InChI is InChI=1S/C13H21NO4S/c1-18-13(15)12-10-19(16,17)8-7-14(12)9-11-5-3-2-4-6-11/h2-3,11-12H,4-10H2,1H3/t11-,12+/m1/s1. The Morgan fingerprint density at radius 3 is 2.84 bits per heavy atom. The number of carbonyl (C=O) groups is 1. The minimum absolute atomic E-state index is 0.109. The summed E-state index contributed by atoms with van der Waals surface area (Å²) in [6.07, 6.45) is 7.53. The van der Waals surface area contributed by atoms with Gasteiger partial charge in [0.1, 0.15) is 6.04 Å². The zero-order chi connectivity index (χ0) is 13.9. The Balaban J connectivity index is 2.04. The first-order valence-electron chi connectivity index (χ1n) is 6.69. The SMILES string of the molecule is COC(=O)[C@@H]1CS(=O)(=O)CCN1C[C@@H]1CC=CCC1. The van der Waals surface area contributed by atoms with Crippen LogP contribution in [0.2, 0.25) is 0 Å². The van der Waals surface area contributed by atoms with Crippen LogP contribution in [0.1, 0.15) is 19.3 Å². The van der Waals surface area contributed by atoms with Gasteiger partial charge in [0.2, 0.25) is 0 Å². The van der Waals surface area contributed by atoms with Crippen LogP contribution in [-0.2, 0) is 19.4 Å². The van der Waals surface area contributed by atoms with Crippen molar-refractivity contribution in [1.29, 1.82) is 0 Å². The van der Waals surface area contributed by atoms with Crippen molar-refractivity contribution < 1.29 is 17.9 Å². The molecule has 5 nitrogen and oxygen atoms in total. The van der Waals surface area contributed by atoms with E-state index in [0.717, 1.165) is 25.8 Å². The Morgan fingerprint density at radius 1 is 1.42 bits per heavy atom. The molecule has 0 unspecified atom stereocenters. The Kier molecular flexibility index (Phi) is 4.62. The molecule has 0 aromatic rings. The minimum Gasteiger partial charge on any atom is -0.468 e. The summed E-state index contributed by atoms with van der Waals surface area (Å²) in [5, 5.41) is 0. The van der Waals surface area contributed by atoms with Gasteiger partial charge in [-0.2, -0.15) is 0 Å². The zero-order valence-electron chi connectivity index (χ0n) is 11.2. The molecular weight excluding hydrogens is 266 g/mol. The molecule has 2 atom stereocenters. The molecule has 0 radical (unpaired) electrons. The second kappa shape index (κ2) is 6.05. The van der Waals surface area contributed by atoms with Gasteiger partial charge in [-0.25, -0.2) is 8.42 Å². The summed E-state index contributed by atoms with van der Waals surface area (Å²) in [6, 6.07) is -0.630. The monoisotopic (exact) mass is 287 g/mol. The Bertz CT molecular complexity index is 457. The van der Waals surface area contributed by atoms with Crippen LogP contribution in [0.3, 0.4) is 0 Å². The van der Waals surface area contributed by atoms with E-state index in [4.69, 9.17) is 4.74 Å². The first-order chi connectivity index (χ1) is 9.02. The molecule has 1 aliphatic heterocycles. The highest BCUT2D eigenvalue weighted by Crippen LogP contribution is 2.22. The van der Waals surface area contributed by atoms with Gasteiger partial charge in [0.25, 0.3) is 0 Å². The van der Waals surface area contributed by atoms with Crippen molar-refractivity contribution in [2.24, 2.45) is 5.92 Å². The van der Waals surface area contributed by atoms with Crippen LogP contribution in [-0.4, -0.2) is 57.0 Å². The molecule has 0 spiro atoms. The van der Waals surface area contributed by atoms with E-state index in [1.807, 2.05) is 4.90 Å². The lowest BCUT2D eigenvalue weighted by Crippen LogP contribution is -2.54. The fraction of sp³-hybridized carbons (Fsp3) is 0.769. The molecule has 0 N–H and O–H groups in total. The van der Waals surface area contributed by atoms with E-state index in [9.17, 15) is 13.2 Å². The lowest BCUT2D eigenvalue weighted by molar-refractivity contribution is -0.146. The quantitative estimate of drug-likeness (QED) is 0.562. The van der Waals surface area contributed by atoms with Crippen LogP contribution < -0.4 is 0 Å². The van der Waals surface area contributed by atoms with Crippen LogP contribution in [0.4, 0.5) is 0 Å². The lowest BCUT2D eigenvalue weighted by atomic mass is 9.93. The molecular formula is C13H21NO4S. The van der Waals surface area contributed by atoms with E-state index in [1.54, 1.807) is 0 Å². The van der Waals surface area contributed by atoms with Gasteiger partial charge >= 0.3 is 5.97 Å². The number of nitrogens with zero attached hydrogens (tertiary/aromatic N) is 1. The third-order valence-corrected chi connectivity index (χ3v) is 5.51. The number of allylic oxidation sites excluding steroid dienone is 2. The maximum Gasteiger partial charge on any atom is 0.324 e. The molecule has 19 heavy (non-hydrogen) atoms. The Labute approximate surface area is 114 Å². The average molecular weight is 287 g/mol. The van der Waals surface area contributed by atoms with E-state index in [0.29, 0.717) is 12.5 Å². The molecule has 2 aliphatic rings. The number of hydrogen-bond donors (Lipinski definition) is 0. The number of ether oxygens (including phenoxy) is 1. The Morgan fingerprint density at radius 2 is 2.21 bits per heavy atom. The highest BCUT2D eigenvalue weighted by Gasteiger charge is 2.37. The van der Waals surface area contributed by atoms with Gasteiger partial charge in [0.05, 0.1) is 18.6 Å². The molecule has 0 aromatic heterocycles. The summed E-state index contributed by atoms with van der Waals surface area (Å²) in [5.74, 6) is 0.109. The zero-order valence-corrected chi connectivity index (χ0v) is 12.1. The van der Waals surface area contributed by atoms with Crippen molar-refractivity contribution in [2.75, 3.05) is 31.7 Å². The third kappa shape index (κ3) is 3.79. The Hall–Kier alpha value is -0.880. The number of rotatable bonds is 3. The fourth-order valence-electron chi connectivity index (χ4n) is 2.77. The minimum atomic E-state index is -3.12. The number of esters is 1. The molecule has 0 aromatic carbocycles. The van der Waals surface area contributed by atoms with Gasteiger partial charge in [-0.05, 0) is 25.2 Å².